The van der Waals surface area contributed by atoms with Crippen LogP contribution in [0.2, 0.25) is 0 Å². The molecule has 0 bridgehead atoms. The fraction of sp³-hybridized carbons (Fsp3) is 0.138. The minimum Gasteiger partial charge on any atom is -0.495 e. The summed E-state index contributed by atoms with van der Waals surface area (Å²) in [7, 11) is 3.03. The third kappa shape index (κ3) is 6.05. The summed E-state index contributed by atoms with van der Waals surface area (Å²) in [6, 6.07) is 26.4. The summed E-state index contributed by atoms with van der Waals surface area (Å²) in [5.74, 6) is -0.235. The van der Waals surface area contributed by atoms with Crippen LogP contribution in [0.15, 0.2) is 90.0 Å². The van der Waals surface area contributed by atoms with Crippen LogP contribution >= 0.6 is 0 Å². The zero-order chi connectivity index (χ0) is 26.2. The molecule has 2 N–H and O–H groups in total. The molecule has 0 aliphatic rings. The van der Waals surface area contributed by atoms with E-state index in [1.54, 1.807) is 56.5 Å². The average Bonchev–Trinajstić information content (AvgIpc) is 2.94. The van der Waals surface area contributed by atoms with Crippen molar-refractivity contribution in [1.82, 2.24) is 5.43 Å². The molecule has 0 atom stereocenters. The molecule has 0 unspecified atom stereocenters. The quantitative estimate of drug-likeness (QED) is 0.205. The van der Waals surface area contributed by atoms with E-state index < -0.39 is 11.8 Å². The Morgan fingerprint density at radius 1 is 0.784 bits per heavy atom. The molecule has 4 aromatic rings. The molecule has 0 fully saturated rings. The second kappa shape index (κ2) is 11.7. The number of nitrogens with zero attached hydrogens (tertiary/aromatic N) is 1. The smallest absolute Gasteiger partial charge is 0.329 e. The van der Waals surface area contributed by atoms with E-state index >= 15 is 0 Å². The first-order valence-corrected chi connectivity index (χ1v) is 11.6. The molecular weight excluding hydrogens is 470 g/mol. The van der Waals surface area contributed by atoms with Gasteiger partial charge in [-0.2, -0.15) is 5.10 Å². The van der Waals surface area contributed by atoms with Crippen molar-refractivity contribution in [1.29, 1.82) is 0 Å². The van der Waals surface area contributed by atoms with Crippen LogP contribution in [-0.2, 0) is 16.2 Å². The van der Waals surface area contributed by atoms with Crippen LogP contribution < -0.4 is 25.0 Å². The summed E-state index contributed by atoms with van der Waals surface area (Å²) in [6.07, 6.45) is 0. The van der Waals surface area contributed by atoms with E-state index in [0.717, 1.165) is 16.3 Å². The van der Waals surface area contributed by atoms with Crippen molar-refractivity contribution in [3.63, 3.8) is 0 Å². The largest absolute Gasteiger partial charge is 0.495 e. The van der Waals surface area contributed by atoms with Gasteiger partial charge in [0.05, 0.1) is 25.6 Å². The number of rotatable bonds is 8. The number of carbonyl (C=O) groups is 2. The van der Waals surface area contributed by atoms with E-state index in [2.05, 4.69) is 34.0 Å². The number of ether oxygens (including phenoxy) is 3. The lowest BCUT2D eigenvalue weighted by atomic mass is 10.1. The van der Waals surface area contributed by atoms with E-state index in [9.17, 15) is 9.59 Å². The molecule has 2 amide bonds. The first-order chi connectivity index (χ1) is 18.0. The summed E-state index contributed by atoms with van der Waals surface area (Å²) >= 11 is 0. The van der Waals surface area contributed by atoms with Gasteiger partial charge in [-0.15, -0.1) is 0 Å². The number of benzene rings is 4. The predicted octanol–water partition coefficient (Wildman–Crippen LogP) is 4.91. The Hall–Kier alpha value is -4.85. The highest BCUT2D eigenvalue weighted by Crippen LogP contribution is 2.30. The van der Waals surface area contributed by atoms with Gasteiger partial charge in [-0.3, -0.25) is 9.59 Å². The van der Waals surface area contributed by atoms with Gasteiger partial charge >= 0.3 is 11.8 Å². The Morgan fingerprint density at radius 2 is 1.51 bits per heavy atom. The summed E-state index contributed by atoms with van der Waals surface area (Å²) < 4.78 is 16.8. The van der Waals surface area contributed by atoms with Gasteiger partial charge in [0.1, 0.15) is 12.4 Å². The van der Waals surface area contributed by atoms with Gasteiger partial charge in [0.15, 0.2) is 11.5 Å². The fourth-order valence-electron chi connectivity index (χ4n) is 3.76. The number of fused-ring (bicyclic) bond motifs is 1. The minimum atomic E-state index is -0.910. The predicted molar refractivity (Wildman–Crippen MR) is 143 cm³/mol. The van der Waals surface area contributed by atoms with Crippen LogP contribution in [0.5, 0.6) is 17.2 Å². The molecule has 0 aliphatic carbocycles. The molecule has 0 aromatic heterocycles. The molecule has 188 valence electrons. The van der Waals surface area contributed by atoms with Crippen molar-refractivity contribution >= 4 is 34.0 Å². The van der Waals surface area contributed by atoms with Gasteiger partial charge in [0, 0.05) is 5.56 Å². The normalized spacial score (nSPS) is 11.1. The third-order valence-corrected chi connectivity index (χ3v) is 5.73. The monoisotopic (exact) mass is 497 g/mol. The Kier molecular flexibility index (Phi) is 8.00. The van der Waals surface area contributed by atoms with Gasteiger partial charge in [-0.05, 0) is 53.6 Å². The highest BCUT2D eigenvalue weighted by atomic mass is 16.5. The van der Waals surface area contributed by atoms with E-state index in [1.807, 2.05) is 24.3 Å². The lowest BCUT2D eigenvalue weighted by Crippen LogP contribution is -2.33. The molecule has 4 aromatic carbocycles. The van der Waals surface area contributed by atoms with Crippen molar-refractivity contribution in [2.45, 2.75) is 13.5 Å². The van der Waals surface area contributed by atoms with E-state index in [4.69, 9.17) is 14.2 Å². The van der Waals surface area contributed by atoms with Gasteiger partial charge in [-0.25, -0.2) is 5.43 Å². The van der Waals surface area contributed by atoms with Crippen molar-refractivity contribution < 1.29 is 23.8 Å². The average molecular weight is 498 g/mol. The molecule has 0 saturated heterocycles. The van der Waals surface area contributed by atoms with E-state index in [0.29, 0.717) is 40.8 Å². The second-order valence-electron chi connectivity index (χ2n) is 8.09. The summed E-state index contributed by atoms with van der Waals surface area (Å²) in [6.45, 7) is 2.09. The maximum atomic E-state index is 12.3. The zero-order valence-electron chi connectivity index (χ0n) is 20.8. The molecule has 8 heteroatoms. The maximum Gasteiger partial charge on any atom is 0.329 e. The summed E-state index contributed by atoms with van der Waals surface area (Å²) in [4.78, 5) is 24.5. The van der Waals surface area contributed by atoms with Crippen molar-refractivity contribution in [3.05, 3.63) is 96.1 Å². The standard InChI is InChI=1S/C29H27N3O5/c1-19(31-32-29(34)28(33)30-24-13-6-7-14-25(24)35-2)21-15-16-26(27(17-21)36-3)37-18-22-11-8-10-20-9-4-5-12-23(20)22/h4-17H,18H2,1-3H3,(H,30,33)(H,32,34). The molecular formula is C29H27N3O5. The highest BCUT2D eigenvalue weighted by Gasteiger charge is 2.16. The van der Waals surface area contributed by atoms with Gasteiger partial charge in [0.2, 0.25) is 0 Å². The first-order valence-electron chi connectivity index (χ1n) is 11.6. The van der Waals surface area contributed by atoms with Crippen LogP contribution in [0.1, 0.15) is 18.1 Å². The number of para-hydroxylation sites is 2. The molecule has 0 radical (unpaired) electrons. The Labute approximate surface area is 214 Å². The maximum absolute atomic E-state index is 12.3. The van der Waals surface area contributed by atoms with Gasteiger partial charge in [-0.1, -0.05) is 54.6 Å². The Balaban J connectivity index is 1.41. The Morgan fingerprint density at radius 3 is 2.32 bits per heavy atom. The van der Waals surface area contributed by atoms with Crippen LogP contribution in [0.25, 0.3) is 10.8 Å². The fourth-order valence-corrected chi connectivity index (χ4v) is 3.76. The number of hydrazone groups is 1. The molecule has 8 nitrogen and oxygen atoms in total. The number of hydrogen-bond acceptors (Lipinski definition) is 6. The molecule has 0 spiro atoms. The lowest BCUT2D eigenvalue weighted by Gasteiger charge is -2.13. The van der Waals surface area contributed by atoms with E-state index in [-0.39, 0.29) is 0 Å². The molecule has 37 heavy (non-hydrogen) atoms. The first kappa shape index (κ1) is 25.2. The van der Waals surface area contributed by atoms with Gasteiger partial charge < -0.3 is 19.5 Å². The molecule has 0 heterocycles. The van der Waals surface area contributed by atoms with Crippen LogP contribution in [0.3, 0.4) is 0 Å². The highest BCUT2D eigenvalue weighted by molar-refractivity contribution is 6.39. The molecule has 0 aliphatic heterocycles. The Bertz CT molecular complexity index is 1460. The number of anilines is 1. The number of nitrogens with one attached hydrogen (secondary N) is 2. The van der Waals surface area contributed by atoms with Crippen molar-refractivity contribution in [2.24, 2.45) is 5.10 Å². The summed E-state index contributed by atoms with van der Waals surface area (Å²) in [5, 5.41) is 8.85. The van der Waals surface area contributed by atoms with Crippen LogP contribution in [0.4, 0.5) is 5.69 Å². The van der Waals surface area contributed by atoms with Crippen LogP contribution in [0, 0.1) is 0 Å². The van der Waals surface area contributed by atoms with Crippen LogP contribution in [-0.4, -0.2) is 31.7 Å². The number of methoxy groups -OCH3 is 2. The van der Waals surface area contributed by atoms with E-state index in [1.165, 1.54) is 7.11 Å². The summed E-state index contributed by atoms with van der Waals surface area (Å²) in [5.41, 5.74) is 4.91. The lowest BCUT2D eigenvalue weighted by molar-refractivity contribution is -0.136. The third-order valence-electron chi connectivity index (χ3n) is 5.73. The second-order valence-corrected chi connectivity index (χ2v) is 8.09. The van der Waals surface area contributed by atoms with Crippen molar-refractivity contribution in [3.8, 4) is 17.2 Å². The SMILES string of the molecule is COc1ccccc1NC(=O)C(=O)NN=C(C)c1ccc(OCc2cccc3ccccc23)c(OC)c1. The molecule has 4 rings (SSSR count). The van der Waals surface area contributed by atoms with Crippen molar-refractivity contribution in [2.75, 3.05) is 19.5 Å². The molecule has 0 saturated carbocycles. The number of carbonyl (C=O) groups excluding carboxylic acids is 2. The number of amides is 2. The minimum absolute atomic E-state index is 0.376. The number of hydrogen-bond donors (Lipinski definition) is 2. The van der Waals surface area contributed by atoms with Gasteiger partial charge in [0.25, 0.3) is 0 Å². The zero-order valence-corrected chi connectivity index (χ0v) is 20.8. The topological polar surface area (TPSA) is 98.2 Å².